The Morgan fingerprint density at radius 2 is 1.94 bits per heavy atom. The van der Waals surface area contributed by atoms with Crippen molar-refractivity contribution in [1.82, 2.24) is 10.2 Å². The van der Waals surface area contributed by atoms with Crippen LogP contribution in [0.5, 0.6) is 0 Å². The van der Waals surface area contributed by atoms with E-state index in [0.29, 0.717) is 30.1 Å². The molecule has 7 heteroatoms. The van der Waals surface area contributed by atoms with E-state index in [2.05, 4.69) is 10.2 Å². The number of carbonyl (C=O) groups is 2. The molecule has 2 heterocycles. The Balaban J connectivity index is 1.42. The standard InChI is InChI=1S/C26H31ClN4O2/c1-19(18-30(15-12-28-2)23-8-5-7-21(27)17-23)26(33)29-13-10-22(11-14-29)31-24-9-4-3-6-20(24)16-25(31)32/h3-9,17-18,22,28H,10-16H2,1-2H3/b19-18+. The summed E-state index contributed by atoms with van der Waals surface area (Å²) in [4.78, 5) is 31.8. The number of likely N-dealkylation sites (tertiary alicyclic amines) is 1. The number of amides is 2. The number of benzene rings is 2. The average Bonchev–Trinajstić information content (AvgIpc) is 3.16. The Labute approximate surface area is 200 Å². The largest absolute Gasteiger partial charge is 0.346 e. The van der Waals surface area contributed by atoms with Gasteiger partial charge in [-0.2, -0.15) is 0 Å². The van der Waals surface area contributed by atoms with Crippen molar-refractivity contribution in [2.24, 2.45) is 0 Å². The first kappa shape index (κ1) is 23.3. The van der Waals surface area contributed by atoms with Crippen LogP contribution in [-0.2, 0) is 16.0 Å². The molecule has 0 bridgehead atoms. The van der Waals surface area contributed by atoms with Gasteiger partial charge in [-0.05, 0) is 56.6 Å². The van der Waals surface area contributed by atoms with E-state index >= 15 is 0 Å². The number of piperidine rings is 1. The second-order valence-electron chi connectivity index (χ2n) is 8.68. The Hall–Kier alpha value is -2.83. The van der Waals surface area contributed by atoms with Crippen LogP contribution in [0.15, 0.2) is 60.3 Å². The van der Waals surface area contributed by atoms with Gasteiger partial charge in [0, 0.05) is 60.4 Å². The van der Waals surface area contributed by atoms with Crippen LogP contribution in [0.25, 0.3) is 0 Å². The fourth-order valence-electron chi connectivity index (χ4n) is 4.70. The highest BCUT2D eigenvalue weighted by atomic mass is 35.5. The third-order valence-corrected chi connectivity index (χ3v) is 6.64. The second kappa shape index (κ2) is 10.4. The van der Waals surface area contributed by atoms with Gasteiger partial charge in [0.15, 0.2) is 0 Å². The summed E-state index contributed by atoms with van der Waals surface area (Å²) in [5, 5.41) is 3.83. The summed E-state index contributed by atoms with van der Waals surface area (Å²) in [6.07, 6.45) is 3.97. The molecular weight excluding hydrogens is 436 g/mol. The number of rotatable bonds is 7. The molecule has 2 aromatic carbocycles. The fourth-order valence-corrected chi connectivity index (χ4v) is 4.88. The molecule has 0 atom stereocenters. The van der Waals surface area contributed by atoms with Gasteiger partial charge in [-0.15, -0.1) is 0 Å². The molecule has 1 saturated heterocycles. The van der Waals surface area contributed by atoms with Crippen molar-refractivity contribution in [1.29, 1.82) is 0 Å². The Morgan fingerprint density at radius 3 is 2.67 bits per heavy atom. The molecule has 2 amide bonds. The van der Waals surface area contributed by atoms with Crippen LogP contribution >= 0.6 is 11.6 Å². The summed E-state index contributed by atoms with van der Waals surface area (Å²) in [5.74, 6) is 0.205. The number of carbonyl (C=O) groups excluding carboxylic acids is 2. The lowest BCUT2D eigenvalue weighted by Crippen LogP contribution is -2.48. The highest BCUT2D eigenvalue weighted by Crippen LogP contribution is 2.33. The normalized spacial score (nSPS) is 16.8. The summed E-state index contributed by atoms with van der Waals surface area (Å²) >= 11 is 6.19. The van der Waals surface area contributed by atoms with Crippen molar-refractivity contribution < 1.29 is 9.59 Å². The third kappa shape index (κ3) is 5.23. The first-order chi connectivity index (χ1) is 16.0. The maximum atomic E-state index is 13.2. The van der Waals surface area contributed by atoms with Crippen molar-refractivity contribution in [3.8, 4) is 0 Å². The molecule has 0 spiro atoms. The average molecular weight is 467 g/mol. The minimum Gasteiger partial charge on any atom is -0.346 e. The van der Waals surface area contributed by atoms with Crippen LogP contribution in [0.4, 0.5) is 11.4 Å². The Bertz CT molecular complexity index is 1050. The summed E-state index contributed by atoms with van der Waals surface area (Å²) in [6, 6.07) is 15.8. The lowest BCUT2D eigenvalue weighted by molar-refractivity contribution is -0.128. The van der Waals surface area contributed by atoms with Gasteiger partial charge in [-0.1, -0.05) is 35.9 Å². The predicted molar refractivity (Wildman–Crippen MR) is 134 cm³/mol. The van der Waals surface area contributed by atoms with E-state index in [1.54, 1.807) is 0 Å². The molecule has 174 valence electrons. The van der Waals surface area contributed by atoms with Gasteiger partial charge < -0.3 is 20.0 Å². The molecule has 2 aliphatic heterocycles. The zero-order valence-corrected chi connectivity index (χ0v) is 20.0. The van der Waals surface area contributed by atoms with E-state index in [1.807, 2.05) is 78.5 Å². The smallest absolute Gasteiger partial charge is 0.250 e. The van der Waals surface area contributed by atoms with Crippen LogP contribution in [0.2, 0.25) is 5.02 Å². The Morgan fingerprint density at radius 1 is 1.18 bits per heavy atom. The number of halogens is 1. The molecule has 0 saturated carbocycles. The molecule has 1 fully saturated rings. The number of nitrogens with zero attached hydrogens (tertiary/aromatic N) is 3. The summed E-state index contributed by atoms with van der Waals surface area (Å²) in [6.45, 7) is 4.66. The van der Waals surface area contributed by atoms with Crippen LogP contribution in [-0.4, -0.2) is 56.0 Å². The summed E-state index contributed by atoms with van der Waals surface area (Å²) in [7, 11) is 1.91. The third-order valence-electron chi connectivity index (χ3n) is 6.41. The molecule has 2 aromatic rings. The topological polar surface area (TPSA) is 55.9 Å². The zero-order chi connectivity index (χ0) is 23.4. The SMILES string of the molecule is CNCCN(/C=C(\C)C(=O)N1CCC(N2C(=O)Cc3ccccc32)CC1)c1cccc(Cl)c1. The lowest BCUT2D eigenvalue weighted by Gasteiger charge is -2.37. The first-order valence-electron chi connectivity index (χ1n) is 11.5. The molecule has 0 aliphatic carbocycles. The first-order valence-corrected chi connectivity index (χ1v) is 11.9. The number of nitrogens with one attached hydrogen (secondary N) is 1. The maximum absolute atomic E-state index is 13.2. The maximum Gasteiger partial charge on any atom is 0.250 e. The molecular formula is C26H31ClN4O2. The van der Waals surface area contributed by atoms with E-state index in [4.69, 9.17) is 11.6 Å². The second-order valence-corrected chi connectivity index (χ2v) is 9.12. The lowest BCUT2D eigenvalue weighted by atomic mass is 10.0. The molecule has 2 aliphatic rings. The molecule has 0 aromatic heterocycles. The zero-order valence-electron chi connectivity index (χ0n) is 19.3. The van der Waals surface area contributed by atoms with E-state index < -0.39 is 0 Å². The van der Waals surface area contributed by atoms with E-state index in [9.17, 15) is 9.59 Å². The van der Waals surface area contributed by atoms with Crippen molar-refractivity contribution >= 4 is 34.8 Å². The van der Waals surface area contributed by atoms with Crippen molar-refractivity contribution in [2.45, 2.75) is 32.2 Å². The van der Waals surface area contributed by atoms with E-state index in [1.165, 1.54) is 0 Å². The molecule has 1 N–H and O–H groups in total. The monoisotopic (exact) mass is 466 g/mol. The fraction of sp³-hybridized carbons (Fsp3) is 0.385. The summed E-state index contributed by atoms with van der Waals surface area (Å²) in [5.41, 5.74) is 3.77. The van der Waals surface area contributed by atoms with Gasteiger partial charge in [0.25, 0.3) is 5.91 Å². The van der Waals surface area contributed by atoms with Crippen molar-refractivity contribution in [3.05, 3.63) is 70.9 Å². The molecule has 6 nitrogen and oxygen atoms in total. The van der Waals surface area contributed by atoms with Crippen molar-refractivity contribution in [3.63, 3.8) is 0 Å². The van der Waals surface area contributed by atoms with Crippen LogP contribution in [0.1, 0.15) is 25.3 Å². The number of anilines is 2. The van der Waals surface area contributed by atoms with Gasteiger partial charge in [0.2, 0.25) is 5.91 Å². The van der Waals surface area contributed by atoms with Gasteiger partial charge in [-0.3, -0.25) is 9.59 Å². The quantitative estimate of drug-likeness (QED) is 0.630. The summed E-state index contributed by atoms with van der Waals surface area (Å²) < 4.78 is 0. The number of hydrogen-bond donors (Lipinski definition) is 1. The van der Waals surface area contributed by atoms with Crippen LogP contribution < -0.4 is 15.1 Å². The molecule has 33 heavy (non-hydrogen) atoms. The minimum absolute atomic E-state index is 0.0399. The van der Waals surface area contributed by atoms with Crippen molar-refractivity contribution in [2.75, 3.05) is 43.0 Å². The highest BCUT2D eigenvalue weighted by molar-refractivity contribution is 6.30. The van der Waals surface area contributed by atoms with E-state index in [-0.39, 0.29) is 17.9 Å². The molecule has 0 unspecified atom stereocenters. The van der Waals surface area contributed by atoms with Gasteiger partial charge in [-0.25, -0.2) is 0 Å². The van der Waals surface area contributed by atoms with Crippen LogP contribution in [0, 0.1) is 0 Å². The van der Waals surface area contributed by atoms with Gasteiger partial charge in [0.05, 0.1) is 6.42 Å². The highest BCUT2D eigenvalue weighted by Gasteiger charge is 2.35. The molecule has 4 rings (SSSR count). The van der Waals surface area contributed by atoms with Crippen LogP contribution in [0.3, 0.4) is 0 Å². The number of likely N-dealkylation sites (N-methyl/N-ethyl adjacent to an activating group) is 1. The predicted octanol–water partition coefficient (Wildman–Crippen LogP) is 3.85. The number of hydrogen-bond acceptors (Lipinski definition) is 4. The molecule has 0 radical (unpaired) electrons. The minimum atomic E-state index is 0.0399. The Kier molecular flexibility index (Phi) is 7.36. The van der Waals surface area contributed by atoms with E-state index in [0.717, 1.165) is 42.9 Å². The number of para-hydroxylation sites is 1. The number of fused-ring (bicyclic) bond motifs is 1. The van der Waals surface area contributed by atoms with Gasteiger partial charge >= 0.3 is 0 Å². The van der Waals surface area contributed by atoms with Gasteiger partial charge in [0.1, 0.15) is 0 Å².